The fourth-order valence-electron chi connectivity index (χ4n) is 0.450. The Balaban J connectivity index is 0.000000292. The molecule has 1 rings (SSSR count). The van der Waals surface area contributed by atoms with Crippen LogP contribution < -0.4 is 0 Å². The maximum atomic E-state index is 10.7. The highest BCUT2D eigenvalue weighted by molar-refractivity contribution is 9.08. The molecule has 0 spiro atoms. The molecule has 0 unspecified atom stereocenters. The molecule has 2 N–H and O–H groups in total. The van der Waals surface area contributed by atoms with Gasteiger partial charge in [0, 0.05) is 0 Å². The number of hydrogen-bond donors (Lipinski definition) is 2. The van der Waals surface area contributed by atoms with Crippen LogP contribution in [0.2, 0.25) is 0 Å². The molecule has 0 aliphatic carbocycles. The van der Waals surface area contributed by atoms with Crippen LogP contribution in [0.3, 0.4) is 0 Å². The SMILES string of the molecule is O=C1CN(Br)C(=O)N1Br.O=S(=O)(O)O. The van der Waals surface area contributed by atoms with Crippen molar-refractivity contribution in [2.75, 3.05) is 6.54 Å². The van der Waals surface area contributed by atoms with E-state index in [9.17, 15) is 9.59 Å². The molecule has 0 aromatic heterocycles. The topological polar surface area (TPSA) is 115 Å². The van der Waals surface area contributed by atoms with Gasteiger partial charge in [-0.05, 0) is 0 Å². The highest BCUT2D eigenvalue weighted by atomic mass is 79.9. The Hall–Kier alpha value is -0.230. The Bertz CT molecular complexity index is 333. The number of carbonyl (C=O) groups excluding carboxylic acids is 2. The number of rotatable bonds is 0. The van der Waals surface area contributed by atoms with Crippen molar-refractivity contribution in [2.24, 2.45) is 0 Å². The van der Waals surface area contributed by atoms with Gasteiger partial charge in [-0.15, -0.1) is 0 Å². The quantitative estimate of drug-likeness (QED) is 0.365. The van der Waals surface area contributed by atoms with Crippen molar-refractivity contribution >= 4 is 54.6 Å². The molecule has 8 nitrogen and oxygen atoms in total. The number of urea groups is 1. The molecular formula is C3H4Br2N2O6S. The molecule has 1 aliphatic rings. The van der Waals surface area contributed by atoms with Crippen molar-refractivity contribution < 1.29 is 27.1 Å². The van der Waals surface area contributed by atoms with E-state index in [2.05, 4.69) is 32.3 Å². The van der Waals surface area contributed by atoms with Crippen LogP contribution in [0.15, 0.2) is 0 Å². The zero-order valence-corrected chi connectivity index (χ0v) is 10.3. The van der Waals surface area contributed by atoms with Crippen molar-refractivity contribution in [3.05, 3.63) is 0 Å². The van der Waals surface area contributed by atoms with Crippen LogP contribution in [0.25, 0.3) is 0 Å². The maximum absolute atomic E-state index is 10.7. The Labute approximate surface area is 96.1 Å². The summed E-state index contributed by atoms with van der Waals surface area (Å²) in [5, 5.41) is 0. The third kappa shape index (κ3) is 5.49. The molecule has 14 heavy (non-hydrogen) atoms. The summed E-state index contributed by atoms with van der Waals surface area (Å²) in [7, 11) is -4.67. The Kier molecular flexibility index (Phi) is 4.94. The lowest BCUT2D eigenvalue weighted by Crippen LogP contribution is -2.18. The van der Waals surface area contributed by atoms with E-state index < -0.39 is 10.4 Å². The second kappa shape index (κ2) is 5.02. The molecule has 11 heteroatoms. The van der Waals surface area contributed by atoms with Crippen LogP contribution >= 0.6 is 32.3 Å². The molecule has 1 heterocycles. The van der Waals surface area contributed by atoms with Crippen molar-refractivity contribution in [2.45, 2.75) is 0 Å². The zero-order valence-electron chi connectivity index (χ0n) is 6.29. The summed E-state index contributed by atoms with van der Waals surface area (Å²) < 4.78 is 33.6. The van der Waals surface area contributed by atoms with E-state index >= 15 is 0 Å². The van der Waals surface area contributed by atoms with Crippen LogP contribution in [0.5, 0.6) is 0 Å². The molecule has 1 aliphatic heterocycles. The molecule has 3 amide bonds. The summed E-state index contributed by atoms with van der Waals surface area (Å²) in [6.45, 7) is 0.0874. The van der Waals surface area contributed by atoms with Gasteiger partial charge in [-0.2, -0.15) is 12.3 Å². The second-order valence-corrected chi connectivity index (χ2v) is 4.39. The highest BCUT2D eigenvalue weighted by Gasteiger charge is 2.33. The Morgan fingerprint density at radius 3 is 1.64 bits per heavy atom. The molecular weight excluding hydrogens is 352 g/mol. The number of imide groups is 1. The second-order valence-electron chi connectivity index (χ2n) is 1.93. The van der Waals surface area contributed by atoms with Gasteiger partial charge in [0.2, 0.25) is 0 Å². The molecule has 0 aromatic carbocycles. The third-order valence-corrected chi connectivity index (χ3v) is 2.12. The molecule has 1 fully saturated rings. The average molecular weight is 356 g/mol. The van der Waals surface area contributed by atoms with Crippen LogP contribution in [0, 0.1) is 0 Å². The van der Waals surface area contributed by atoms with Crippen LogP contribution in [0.1, 0.15) is 0 Å². The van der Waals surface area contributed by atoms with Gasteiger partial charge in [-0.25, -0.2) is 8.72 Å². The van der Waals surface area contributed by atoms with Crippen molar-refractivity contribution in [1.29, 1.82) is 0 Å². The molecule has 0 atom stereocenters. The van der Waals surface area contributed by atoms with E-state index in [4.69, 9.17) is 17.5 Å². The fourth-order valence-corrected chi connectivity index (χ4v) is 1.34. The predicted octanol–water partition coefficient (Wildman–Crippen LogP) is 0.218. The van der Waals surface area contributed by atoms with Gasteiger partial charge >= 0.3 is 16.4 Å². The van der Waals surface area contributed by atoms with E-state index in [-0.39, 0.29) is 18.5 Å². The minimum Gasteiger partial charge on any atom is -0.271 e. The van der Waals surface area contributed by atoms with Gasteiger partial charge < -0.3 is 0 Å². The molecule has 82 valence electrons. The van der Waals surface area contributed by atoms with Crippen molar-refractivity contribution in [3.63, 3.8) is 0 Å². The molecule has 0 saturated carbocycles. The standard InChI is InChI=1S/C3H2Br2N2O2.H2O4S/c4-6-1-2(8)7(5)3(6)9;1-5(2,3)4/h1H2;(H2,1,2,3,4). The molecule has 1 saturated heterocycles. The van der Waals surface area contributed by atoms with Gasteiger partial charge in [-0.3, -0.25) is 13.9 Å². The summed E-state index contributed by atoms with van der Waals surface area (Å²) in [6.07, 6.45) is 0. The van der Waals surface area contributed by atoms with Gasteiger partial charge in [-0.1, -0.05) is 0 Å². The van der Waals surface area contributed by atoms with Gasteiger partial charge in [0.1, 0.15) is 6.54 Å². The van der Waals surface area contributed by atoms with E-state index in [0.29, 0.717) is 0 Å². The van der Waals surface area contributed by atoms with Crippen molar-refractivity contribution in [1.82, 2.24) is 7.85 Å². The first kappa shape index (κ1) is 13.8. The highest BCUT2D eigenvalue weighted by Crippen LogP contribution is 2.16. The van der Waals surface area contributed by atoms with Crippen molar-refractivity contribution in [3.8, 4) is 0 Å². The molecule has 0 aromatic rings. The Morgan fingerprint density at radius 1 is 1.21 bits per heavy atom. The summed E-state index contributed by atoms with van der Waals surface area (Å²) >= 11 is 5.65. The van der Waals surface area contributed by atoms with E-state index in [0.717, 1.165) is 7.85 Å². The number of nitrogens with zero attached hydrogens (tertiary/aromatic N) is 2. The smallest absolute Gasteiger partial charge is 0.271 e. The predicted molar refractivity (Wildman–Crippen MR) is 51.0 cm³/mol. The monoisotopic (exact) mass is 354 g/mol. The first-order valence-electron chi connectivity index (χ1n) is 2.79. The first-order valence-corrected chi connectivity index (χ1v) is 5.60. The first-order chi connectivity index (χ1) is 6.13. The molecule has 0 radical (unpaired) electrons. The largest absolute Gasteiger partial charge is 0.394 e. The maximum Gasteiger partial charge on any atom is 0.394 e. The number of halogens is 2. The summed E-state index contributed by atoms with van der Waals surface area (Å²) in [6, 6.07) is -0.389. The van der Waals surface area contributed by atoms with E-state index in [1.54, 1.807) is 0 Å². The fraction of sp³-hybridized carbons (Fsp3) is 0.333. The van der Waals surface area contributed by atoms with Crippen LogP contribution in [-0.4, -0.2) is 43.9 Å². The summed E-state index contributed by atoms with van der Waals surface area (Å²) in [5.74, 6) is -0.267. The van der Waals surface area contributed by atoms with E-state index in [1.165, 1.54) is 0 Å². The number of amides is 3. The zero-order chi connectivity index (χ0) is 11.5. The summed E-state index contributed by atoms with van der Waals surface area (Å²) in [5.41, 5.74) is 0. The number of hydrogen-bond acceptors (Lipinski definition) is 4. The van der Waals surface area contributed by atoms with Gasteiger partial charge in [0.25, 0.3) is 5.91 Å². The Morgan fingerprint density at radius 2 is 1.57 bits per heavy atom. The van der Waals surface area contributed by atoms with E-state index in [1.807, 2.05) is 0 Å². The van der Waals surface area contributed by atoms with Crippen LogP contribution in [-0.2, 0) is 15.2 Å². The average Bonchev–Trinajstić information content (AvgIpc) is 2.14. The lowest BCUT2D eigenvalue weighted by atomic mass is 10.7. The minimum atomic E-state index is -4.67. The lowest BCUT2D eigenvalue weighted by Gasteiger charge is -2.00. The normalized spacial score (nSPS) is 16.9. The lowest BCUT2D eigenvalue weighted by molar-refractivity contribution is -0.121. The van der Waals surface area contributed by atoms with Gasteiger partial charge in [0.05, 0.1) is 32.3 Å². The molecule has 0 bridgehead atoms. The van der Waals surface area contributed by atoms with Crippen LogP contribution in [0.4, 0.5) is 4.79 Å². The number of carbonyl (C=O) groups is 2. The van der Waals surface area contributed by atoms with Gasteiger partial charge in [0.15, 0.2) is 0 Å². The summed E-state index contributed by atoms with van der Waals surface area (Å²) in [4.78, 5) is 21.2. The third-order valence-electron chi connectivity index (χ3n) is 0.869. The minimum absolute atomic E-state index is 0.0874.